The van der Waals surface area contributed by atoms with Gasteiger partial charge in [-0.25, -0.2) is 0 Å². The third kappa shape index (κ3) is 2.09. The Morgan fingerprint density at radius 2 is 2.44 bits per heavy atom. The van der Waals surface area contributed by atoms with Gasteiger partial charge in [0.25, 0.3) is 0 Å². The topological polar surface area (TPSA) is 47.9 Å². The van der Waals surface area contributed by atoms with Crippen LogP contribution in [0.25, 0.3) is 0 Å². The molecule has 94 valence electrons. The van der Waals surface area contributed by atoms with Crippen LogP contribution in [0.4, 0.5) is 0 Å². The lowest BCUT2D eigenvalue weighted by Gasteiger charge is -2.32. The Kier molecular flexibility index (Phi) is 3.11. The summed E-state index contributed by atoms with van der Waals surface area (Å²) >= 11 is 0. The smallest absolute Gasteiger partial charge is 0.124 e. The lowest BCUT2D eigenvalue weighted by molar-refractivity contribution is -0.144. The van der Waals surface area contributed by atoms with Crippen LogP contribution in [0.5, 0.6) is 0 Å². The van der Waals surface area contributed by atoms with Gasteiger partial charge in [0.2, 0.25) is 0 Å². The van der Waals surface area contributed by atoms with Gasteiger partial charge in [0.05, 0.1) is 12.7 Å². The third-order valence-electron chi connectivity index (χ3n) is 3.21. The van der Waals surface area contributed by atoms with Crippen LogP contribution < -0.4 is 0 Å². The van der Waals surface area contributed by atoms with Crippen molar-refractivity contribution in [3.8, 4) is 0 Å². The van der Waals surface area contributed by atoms with E-state index in [1.165, 1.54) is 0 Å². The molecule has 2 aliphatic rings. The third-order valence-corrected chi connectivity index (χ3v) is 3.68. The van der Waals surface area contributed by atoms with Gasteiger partial charge in [-0.15, -0.1) is 0 Å². The summed E-state index contributed by atoms with van der Waals surface area (Å²) in [7, 11) is -3.27. The Labute approximate surface area is 98.7 Å². The van der Waals surface area contributed by atoms with Crippen molar-refractivity contribution in [3.63, 3.8) is 0 Å². The van der Waals surface area contributed by atoms with Gasteiger partial charge >= 0.3 is 0 Å². The largest absolute Gasteiger partial charge is 0.370 e. The molecule has 0 spiro atoms. The van der Waals surface area contributed by atoms with Crippen LogP contribution >= 0.6 is 7.94 Å². The van der Waals surface area contributed by atoms with E-state index in [1.807, 2.05) is 6.92 Å². The van der Waals surface area contributed by atoms with Gasteiger partial charge in [-0.1, -0.05) is 20.1 Å². The summed E-state index contributed by atoms with van der Waals surface area (Å²) in [5, 5.41) is 0. The minimum absolute atomic E-state index is 0.0564. The van der Waals surface area contributed by atoms with Crippen LogP contribution in [-0.2, 0) is 14.0 Å². The fraction of sp³-hybridized carbons (Fsp3) is 0.909. The molecule has 2 rings (SSSR count). The van der Waals surface area contributed by atoms with Crippen molar-refractivity contribution < 1.29 is 18.9 Å². The molecule has 16 heavy (non-hydrogen) atoms. The standard InChI is InChI=1S/C11H21O4P/c1-7(2)5-11-6-13-9(8(3)14-11)10(11)15-16(4)12/h7-10,12,16H,4-6H2,1-3H3/t8-,9-,10-,11-/m0/s1/i16T. The van der Waals surface area contributed by atoms with Crippen LogP contribution in [0.2, 0.25) is 0 Å². The maximum absolute atomic E-state index is 9.51. The predicted molar refractivity (Wildman–Crippen MR) is 65.0 cm³/mol. The van der Waals surface area contributed by atoms with Crippen molar-refractivity contribution in [1.29, 1.82) is 1.28 Å². The van der Waals surface area contributed by atoms with Crippen LogP contribution in [0.1, 0.15) is 27.2 Å². The first-order valence-electron chi connectivity index (χ1n) is 6.15. The van der Waals surface area contributed by atoms with Crippen molar-refractivity contribution in [3.05, 3.63) is 0 Å². The van der Waals surface area contributed by atoms with Crippen LogP contribution in [0, 0.1) is 5.92 Å². The highest BCUT2D eigenvalue weighted by Gasteiger charge is 2.60. The average Bonchev–Trinajstić information content (AvgIpc) is 2.52. The van der Waals surface area contributed by atoms with Gasteiger partial charge in [0.1, 0.15) is 27.0 Å². The van der Waals surface area contributed by atoms with E-state index in [0.717, 1.165) is 6.42 Å². The fourth-order valence-electron chi connectivity index (χ4n) is 2.83. The Morgan fingerprint density at radius 1 is 1.75 bits per heavy atom. The van der Waals surface area contributed by atoms with Gasteiger partial charge in [0.15, 0.2) is 0 Å². The average molecular weight is 250 g/mol. The Bertz CT molecular complexity index is 342. The Balaban J connectivity index is 2.20. The molecular weight excluding hydrogens is 227 g/mol. The molecule has 0 aromatic carbocycles. The van der Waals surface area contributed by atoms with Crippen molar-refractivity contribution >= 4 is 14.2 Å². The van der Waals surface area contributed by atoms with E-state index >= 15 is 0 Å². The molecule has 0 radical (unpaired) electrons. The van der Waals surface area contributed by atoms with E-state index in [0.29, 0.717) is 12.5 Å². The summed E-state index contributed by atoms with van der Waals surface area (Å²) in [5.41, 5.74) is -0.509. The number of hydrogen-bond acceptors (Lipinski definition) is 4. The molecule has 0 aromatic rings. The number of fused-ring (bicyclic) bond motifs is 2. The summed E-state index contributed by atoms with van der Waals surface area (Å²) in [4.78, 5) is 9.51. The van der Waals surface area contributed by atoms with E-state index in [1.54, 1.807) is 0 Å². The van der Waals surface area contributed by atoms with E-state index in [4.69, 9.17) is 15.3 Å². The van der Waals surface area contributed by atoms with Gasteiger partial charge in [-0.3, -0.25) is 0 Å². The molecule has 2 aliphatic heterocycles. The van der Waals surface area contributed by atoms with Gasteiger partial charge in [-0.2, -0.15) is 0 Å². The first-order chi connectivity index (χ1) is 7.73. The predicted octanol–water partition coefficient (Wildman–Crippen LogP) is 1.44. The lowest BCUT2D eigenvalue weighted by Crippen LogP contribution is -2.42. The van der Waals surface area contributed by atoms with Crippen LogP contribution in [-0.4, -0.2) is 43.0 Å². The normalized spacial score (nSPS) is 47.1. The second-order valence-corrected chi connectivity index (χ2v) is 6.05. The number of rotatable bonds is 4. The molecule has 0 amide bonds. The SMILES string of the molecule is [3H]P(=C)(O)O[C@H]1[C@H]2OC[C@]1(CC(C)C)O[C@H]2C. The second-order valence-electron chi connectivity index (χ2n) is 5.14. The molecule has 0 saturated carbocycles. The highest BCUT2D eigenvalue weighted by Crippen LogP contribution is 2.47. The second kappa shape index (κ2) is 4.43. The maximum atomic E-state index is 9.51. The monoisotopic (exact) mass is 250 g/mol. The Morgan fingerprint density at radius 3 is 2.94 bits per heavy atom. The molecule has 0 aliphatic carbocycles. The zero-order chi connectivity index (χ0) is 12.8. The molecule has 1 unspecified atom stereocenters. The maximum Gasteiger partial charge on any atom is 0.124 e. The molecular formula is C11H21O4P. The van der Waals surface area contributed by atoms with E-state index < -0.39 is 13.5 Å². The van der Waals surface area contributed by atoms with Crippen molar-refractivity contribution in [2.75, 3.05) is 6.61 Å². The fourth-order valence-corrected chi connectivity index (χ4v) is 3.40. The molecule has 0 aromatic heterocycles. The van der Waals surface area contributed by atoms with Crippen molar-refractivity contribution in [1.82, 2.24) is 0 Å². The first-order valence-corrected chi connectivity index (χ1v) is 7.10. The summed E-state index contributed by atoms with van der Waals surface area (Å²) in [6, 6.07) is 0. The van der Waals surface area contributed by atoms with E-state index in [2.05, 4.69) is 20.1 Å². The summed E-state index contributed by atoms with van der Waals surface area (Å²) in [6.45, 7) is 6.63. The number of hydrogen-bond donors (Lipinski definition) is 1. The molecule has 2 fully saturated rings. The minimum Gasteiger partial charge on any atom is -0.370 e. The zero-order valence-electron chi connectivity index (χ0n) is 11.0. The minimum atomic E-state index is -3.27. The quantitative estimate of drug-likeness (QED) is 0.767. The highest BCUT2D eigenvalue weighted by molar-refractivity contribution is 7.44. The highest BCUT2D eigenvalue weighted by atomic mass is 31.1. The van der Waals surface area contributed by atoms with Crippen LogP contribution in [0.3, 0.4) is 0 Å². The number of ether oxygens (including phenoxy) is 2. The van der Waals surface area contributed by atoms with E-state index in [9.17, 15) is 4.89 Å². The molecule has 2 bridgehead atoms. The molecule has 4 nitrogen and oxygen atoms in total. The summed E-state index contributed by atoms with van der Waals surface area (Å²) in [6.07, 6.45) is 3.56. The molecule has 5 heteroatoms. The van der Waals surface area contributed by atoms with Gasteiger partial charge in [-0.05, 0) is 19.3 Å². The van der Waals surface area contributed by atoms with E-state index in [-0.39, 0.29) is 18.3 Å². The summed E-state index contributed by atoms with van der Waals surface area (Å²) in [5.74, 6) is 0.440. The molecule has 2 heterocycles. The Hall–Kier alpha value is 0.140. The van der Waals surface area contributed by atoms with Crippen molar-refractivity contribution in [2.24, 2.45) is 5.92 Å². The zero-order valence-corrected chi connectivity index (χ0v) is 10.9. The molecule has 2 saturated heterocycles. The van der Waals surface area contributed by atoms with Gasteiger partial charge in [0, 0.05) is 0 Å². The summed E-state index contributed by atoms with van der Waals surface area (Å²) < 4.78 is 24.5. The lowest BCUT2D eigenvalue weighted by atomic mass is 9.89. The van der Waals surface area contributed by atoms with Gasteiger partial charge < -0.3 is 18.9 Å². The first kappa shape index (κ1) is 11.2. The van der Waals surface area contributed by atoms with Crippen molar-refractivity contribution in [2.45, 2.75) is 51.1 Å². The molecule has 1 N–H and O–H groups in total. The van der Waals surface area contributed by atoms with Crippen LogP contribution in [0.15, 0.2) is 0 Å². The molecule has 5 atom stereocenters.